The van der Waals surface area contributed by atoms with Gasteiger partial charge >= 0.3 is 143 Å². The van der Waals surface area contributed by atoms with Crippen molar-refractivity contribution >= 4 is 7.26 Å². The molecule has 0 radical (unpaired) electrons. The first kappa shape index (κ1) is 22.4. The molecule has 0 unspecified atom stereocenters. The number of hydrogen-bond acceptors (Lipinski definition) is 0. The molecule has 0 atom stereocenters. The van der Waals surface area contributed by atoms with Crippen LogP contribution in [0.15, 0.2) is 0 Å². The molecule has 0 aliphatic carbocycles. The molecular formula is C21H47P. The molecule has 0 saturated carbocycles. The van der Waals surface area contributed by atoms with Crippen molar-refractivity contribution in [2.24, 2.45) is 0 Å². The van der Waals surface area contributed by atoms with Crippen molar-refractivity contribution < 1.29 is 0 Å². The first-order chi connectivity index (χ1) is 10.7. The molecule has 136 valence electrons. The summed E-state index contributed by atoms with van der Waals surface area (Å²) in [4.78, 5) is 0. The molecule has 0 amide bonds. The van der Waals surface area contributed by atoms with Gasteiger partial charge in [0.25, 0.3) is 0 Å². The fraction of sp³-hybridized carbons (Fsp3) is 1.00. The third kappa shape index (κ3) is 11.9. The fourth-order valence-electron chi connectivity index (χ4n) is 4.19. The third-order valence-electron chi connectivity index (χ3n) is 5.43. The average molecular weight is 331 g/mol. The van der Waals surface area contributed by atoms with Gasteiger partial charge in [-0.1, -0.05) is 0 Å². The van der Waals surface area contributed by atoms with Crippen molar-refractivity contribution in [1.29, 1.82) is 0 Å². The van der Waals surface area contributed by atoms with Crippen LogP contribution >= 0.6 is 7.26 Å². The fourth-order valence-corrected chi connectivity index (χ4v) is 9.82. The zero-order valence-electron chi connectivity index (χ0n) is 16.5. The normalized spacial score (nSPS) is 12.7. The van der Waals surface area contributed by atoms with E-state index < -0.39 is 7.26 Å². The van der Waals surface area contributed by atoms with Gasteiger partial charge in [0.05, 0.1) is 0 Å². The Morgan fingerprint density at radius 1 is 0.364 bits per heavy atom. The van der Waals surface area contributed by atoms with Gasteiger partial charge in [0.15, 0.2) is 0 Å². The SMILES string of the molecule is CCCCCCCC[PH](CCC)(CCC)CCCCCCC. The number of rotatable bonds is 17. The van der Waals surface area contributed by atoms with Crippen molar-refractivity contribution in [1.82, 2.24) is 0 Å². The van der Waals surface area contributed by atoms with Crippen LogP contribution < -0.4 is 0 Å². The van der Waals surface area contributed by atoms with Gasteiger partial charge in [0, 0.05) is 0 Å². The first-order valence-electron chi connectivity index (χ1n) is 10.7. The van der Waals surface area contributed by atoms with Crippen molar-refractivity contribution in [3.8, 4) is 0 Å². The zero-order chi connectivity index (χ0) is 16.5. The molecule has 22 heavy (non-hydrogen) atoms. The Kier molecular flexibility index (Phi) is 16.6. The summed E-state index contributed by atoms with van der Waals surface area (Å²) in [6.45, 7) is 9.50. The van der Waals surface area contributed by atoms with Crippen LogP contribution in [-0.4, -0.2) is 24.6 Å². The van der Waals surface area contributed by atoms with Crippen molar-refractivity contribution in [3.05, 3.63) is 0 Å². The van der Waals surface area contributed by atoms with E-state index in [9.17, 15) is 0 Å². The molecule has 0 saturated heterocycles. The predicted molar refractivity (Wildman–Crippen MR) is 111 cm³/mol. The van der Waals surface area contributed by atoms with E-state index in [1.165, 1.54) is 70.6 Å². The Hall–Kier alpha value is 0.430. The average Bonchev–Trinajstić information content (AvgIpc) is 2.51. The van der Waals surface area contributed by atoms with E-state index in [-0.39, 0.29) is 0 Å². The summed E-state index contributed by atoms with van der Waals surface area (Å²) in [6, 6.07) is 0. The molecule has 0 aliphatic heterocycles. The van der Waals surface area contributed by atoms with Crippen LogP contribution in [0, 0.1) is 0 Å². The van der Waals surface area contributed by atoms with E-state index in [1.54, 1.807) is 37.5 Å². The van der Waals surface area contributed by atoms with Crippen LogP contribution in [0.2, 0.25) is 0 Å². The maximum absolute atomic E-state index is 2.43. The predicted octanol–water partition coefficient (Wildman–Crippen LogP) is 7.89. The monoisotopic (exact) mass is 330 g/mol. The Bertz CT molecular complexity index is 206. The Morgan fingerprint density at radius 2 is 0.727 bits per heavy atom. The summed E-state index contributed by atoms with van der Waals surface area (Å²) < 4.78 is 0. The van der Waals surface area contributed by atoms with Crippen LogP contribution in [0.3, 0.4) is 0 Å². The van der Waals surface area contributed by atoms with Gasteiger partial charge in [0.2, 0.25) is 0 Å². The summed E-state index contributed by atoms with van der Waals surface area (Å²) >= 11 is 0. The summed E-state index contributed by atoms with van der Waals surface area (Å²) in [5, 5.41) is 0. The van der Waals surface area contributed by atoms with Crippen LogP contribution in [0.25, 0.3) is 0 Å². The molecule has 1 heteroatoms. The van der Waals surface area contributed by atoms with E-state index in [1.807, 2.05) is 0 Å². The van der Waals surface area contributed by atoms with E-state index in [0.29, 0.717) is 0 Å². The van der Waals surface area contributed by atoms with Crippen molar-refractivity contribution in [2.75, 3.05) is 24.6 Å². The van der Waals surface area contributed by atoms with E-state index in [4.69, 9.17) is 0 Å². The minimum absolute atomic E-state index is 0.924. The number of hydrogen-bond donors (Lipinski definition) is 0. The van der Waals surface area contributed by atoms with Gasteiger partial charge in [-0.15, -0.1) is 0 Å². The van der Waals surface area contributed by atoms with Crippen molar-refractivity contribution in [2.45, 2.75) is 111 Å². The van der Waals surface area contributed by atoms with E-state index in [0.717, 1.165) is 0 Å². The summed E-state index contributed by atoms with van der Waals surface area (Å²) in [5.41, 5.74) is 0. The topological polar surface area (TPSA) is 0 Å². The van der Waals surface area contributed by atoms with Gasteiger partial charge in [-0.3, -0.25) is 0 Å². The van der Waals surface area contributed by atoms with Gasteiger partial charge in [-0.2, -0.15) is 0 Å². The molecule has 0 rings (SSSR count). The van der Waals surface area contributed by atoms with E-state index >= 15 is 0 Å². The van der Waals surface area contributed by atoms with Gasteiger partial charge < -0.3 is 0 Å². The standard InChI is InChI=1S/C21H47P/c1-5-9-11-13-15-17-21-22(18-7-3,19-8-4)20-16-14-12-10-6-2/h22H,5-21H2,1-4H3. The van der Waals surface area contributed by atoms with E-state index in [2.05, 4.69) is 27.7 Å². The minimum atomic E-state index is -0.924. The number of unbranched alkanes of at least 4 members (excludes halogenated alkanes) is 9. The molecule has 0 aliphatic rings. The second kappa shape index (κ2) is 16.3. The van der Waals surface area contributed by atoms with Gasteiger partial charge in [0.1, 0.15) is 0 Å². The van der Waals surface area contributed by atoms with Crippen LogP contribution in [0.1, 0.15) is 111 Å². The van der Waals surface area contributed by atoms with Gasteiger partial charge in [-0.25, -0.2) is 0 Å². The van der Waals surface area contributed by atoms with Crippen molar-refractivity contribution in [3.63, 3.8) is 0 Å². The molecule has 0 aromatic heterocycles. The Labute approximate surface area is 143 Å². The summed E-state index contributed by atoms with van der Waals surface area (Å²) in [5.74, 6) is 0. The Balaban J connectivity index is 4.13. The molecule has 0 bridgehead atoms. The molecule has 0 spiro atoms. The second-order valence-corrected chi connectivity index (χ2v) is 12.7. The Morgan fingerprint density at radius 3 is 1.09 bits per heavy atom. The summed E-state index contributed by atoms with van der Waals surface area (Å²) in [7, 11) is -0.924. The maximum atomic E-state index is 2.43. The quantitative estimate of drug-likeness (QED) is 0.188. The van der Waals surface area contributed by atoms with Gasteiger partial charge in [-0.05, 0) is 0 Å². The molecular weight excluding hydrogens is 283 g/mol. The molecule has 0 heterocycles. The molecule has 0 aromatic rings. The molecule has 0 N–H and O–H groups in total. The van der Waals surface area contributed by atoms with Crippen LogP contribution in [0.4, 0.5) is 0 Å². The van der Waals surface area contributed by atoms with Crippen LogP contribution in [0.5, 0.6) is 0 Å². The zero-order valence-corrected chi connectivity index (χ0v) is 17.5. The summed E-state index contributed by atoms with van der Waals surface area (Å²) in [6.07, 6.45) is 25.6. The molecule has 0 nitrogen and oxygen atoms in total. The molecule has 0 fully saturated rings. The second-order valence-electron chi connectivity index (χ2n) is 7.68. The third-order valence-corrected chi connectivity index (χ3v) is 11.4. The first-order valence-corrected chi connectivity index (χ1v) is 13.6. The molecule has 0 aromatic carbocycles. The van der Waals surface area contributed by atoms with Crippen LogP contribution in [-0.2, 0) is 0 Å².